The molecule has 0 spiro atoms. The van der Waals surface area contributed by atoms with Gasteiger partial charge < -0.3 is 14.2 Å². The highest BCUT2D eigenvalue weighted by atomic mass is 16.6. The molecule has 1 aliphatic heterocycles. The summed E-state index contributed by atoms with van der Waals surface area (Å²) in [7, 11) is 1.50. The normalized spacial score (nSPS) is 20.5. The van der Waals surface area contributed by atoms with E-state index in [0.29, 0.717) is 59.7 Å². The molecule has 3 aliphatic rings. The van der Waals surface area contributed by atoms with Crippen LogP contribution in [0.25, 0.3) is 0 Å². The largest absolute Gasteiger partial charge is 0.493 e. The minimum Gasteiger partial charge on any atom is -0.493 e. The number of allylic oxidation sites excluding steroid dienone is 4. The van der Waals surface area contributed by atoms with Crippen molar-refractivity contribution in [1.29, 1.82) is 0 Å². The topological polar surface area (TPSA) is 78.9 Å². The Labute approximate surface area is 223 Å². The SMILES string of the molecule is COc1cc(C2C3=C(CC(C)(C)CC3=O)OC3=C2C(=O)CC(C)(C)C3)ccc1OC(=O)c1ccc(C)cc1. The first-order valence-corrected chi connectivity index (χ1v) is 13.0. The second-order valence-corrected chi connectivity index (χ2v) is 12.3. The van der Waals surface area contributed by atoms with Crippen molar-refractivity contribution in [2.24, 2.45) is 10.8 Å². The Morgan fingerprint density at radius 2 is 1.37 bits per heavy atom. The quantitative estimate of drug-likeness (QED) is 0.337. The van der Waals surface area contributed by atoms with E-state index in [1.165, 1.54) is 7.11 Å². The van der Waals surface area contributed by atoms with Crippen LogP contribution in [0.4, 0.5) is 0 Å². The highest BCUT2D eigenvalue weighted by Gasteiger charge is 2.48. The first-order chi connectivity index (χ1) is 17.9. The van der Waals surface area contributed by atoms with E-state index < -0.39 is 11.9 Å². The molecule has 0 aromatic heterocycles. The molecule has 0 saturated heterocycles. The summed E-state index contributed by atoms with van der Waals surface area (Å²) in [6, 6.07) is 12.4. The summed E-state index contributed by atoms with van der Waals surface area (Å²) in [5.41, 5.74) is 2.88. The molecule has 0 N–H and O–H groups in total. The van der Waals surface area contributed by atoms with Gasteiger partial charge in [-0.15, -0.1) is 0 Å². The number of aryl methyl sites for hydroxylation is 1. The van der Waals surface area contributed by atoms with Gasteiger partial charge in [0, 0.05) is 42.7 Å². The van der Waals surface area contributed by atoms with Crippen molar-refractivity contribution in [3.63, 3.8) is 0 Å². The molecule has 0 radical (unpaired) electrons. The van der Waals surface area contributed by atoms with E-state index in [-0.39, 0.29) is 28.1 Å². The summed E-state index contributed by atoms with van der Waals surface area (Å²) >= 11 is 0. The van der Waals surface area contributed by atoms with Crippen LogP contribution in [0, 0.1) is 17.8 Å². The van der Waals surface area contributed by atoms with Crippen LogP contribution in [-0.2, 0) is 14.3 Å². The summed E-state index contributed by atoms with van der Waals surface area (Å²) < 4.78 is 17.6. The van der Waals surface area contributed by atoms with Gasteiger partial charge in [0.2, 0.25) is 0 Å². The molecule has 0 fully saturated rings. The number of rotatable bonds is 4. The second kappa shape index (κ2) is 9.26. The predicted octanol–water partition coefficient (Wildman–Crippen LogP) is 6.62. The second-order valence-electron chi connectivity index (χ2n) is 12.3. The molecule has 1 heterocycles. The van der Waals surface area contributed by atoms with Crippen LogP contribution in [0.3, 0.4) is 0 Å². The van der Waals surface area contributed by atoms with Crippen molar-refractivity contribution in [2.75, 3.05) is 7.11 Å². The van der Waals surface area contributed by atoms with E-state index >= 15 is 0 Å². The Balaban J connectivity index is 1.57. The summed E-state index contributed by atoms with van der Waals surface area (Å²) in [5.74, 6) is 0.904. The van der Waals surface area contributed by atoms with Gasteiger partial charge >= 0.3 is 5.97 Å². The number of Topliss-reactive ketones (excluding diaryl/α,β-unsaturated/α-hetero) is 2. The number of hydrogen-bond donors (Lipinski definition) is 0. The van der Waals surface area contributed by atoms with E-state index in [4.69, 9.17) is 14.2 Å². The molecule has 198 valence electrons. The highest BCUT2D eigenvalue weighted by molar-refractivity contribution is 6.06. The lowest BCUT2D eigenvalue weighted by atomic mass is 9.65. The fourth-order valence-corrected chi connectivity index (χ4v) is 5.80. The van der Waals surface area contributed by atoms with Crippen LogP contribution < -0.4 is 9.47 Å². The Morgan fingerprint density at radius 1 is 0.816 bits per heavy atom. The van der Waals surface area contributed by atoms with Crippen LogP contribution in [0.2, 0.25) is 0 Å². The lowest BCUT2D eigenvalue weighted by Gasteiger charge is -2.42. The van der Waals surface area contributed by atoms with Gasteiger partial charge in [-0.1, -0.05) is 51.5 Å². The average molecular weight is 515 g/mol. The number of ketones is 2. The molecule has 0 atom stereocenters. The standard InChI is InChI=1S/C32H34O6/c1-18-7-9-19(10-8-18)30(35)38-23-12-11-20(13-24(23)36-6)27-28-21(33)14-31(2,3)16-25(28)37-26-17-32(4,5)15-22(34)29(26)27/h7-13,27H,14-17H2,1-6H3. The number of esters is 1. The van der Waals surface area contributed by atoms with Crippen molar-refractivity contribution in [1.82, 2.24) is 0 Å². The Morgan fingerprint density at radius 3 is 1.89 bits per heavy atom. The molecular formula is C32H34O6. The lowest BCUT2D eigenvalue weighted by molar-refractivity contribution is -0.120. The highest BCUT2D eigenvalue weighted by Crippen LogP contribution is 2.53. The average Bonchev–Trinajstić information content (AvgIpc) is 2.81. The molecule has 0 saturated carbocycles. The molecule has 6 heteroatoms. The van der Waals surface area contributed by atoms with Gasteiger partial charge in [-0.25, -0.2) is 4.79 Å². The lowest BCUT2D eigenvalue weighted by Crippen LogP contribution is -2.37. The molecule has 0 amide bonds. The molecule has 0 unspecified atom stereocenters. The first-order valence-electron chi connectivity index (χ1n) is 13.0. The molecular weight excluding hydrogens is 480 g/mol. The third kappa shape index (κ3) is 4.80. The maximum Gasteiger partial charge on any atom is 0.343 e. The maximum absolute atomic E-state index is 13.5. The molecule has 6 nitrogen and oxygen atoms in total. The minimum atomic E-state index is -0.545. The zero-order valence-corrected chi connectivity index (χ0v) is 22.9. The maximum atomic E-state index is 13.5. The molecule has 2 aromatic carbocycles. The Bertz CT molecular complexity index is 1350. The smallest absolute Gasteiger partial charge is 0.343 e. The fourth-order valence-electron chi connectivity index (χ4n) is 5.80. The zero-order valence-electron chi connectivity index (χ0n) is 22.9. The van der Waals surface area contributed by atoms with Crippen LogP contribution in [0.1, 0.15) is 80.8 Å². The van der Waals surface area contributed by atoms with E-state index in [2.05, 4.69) is 27.7 Å². The third-order valence-corrected chi connectivity index (χ3v) is 7.59. The number of carbonyl (C=O) groups excluding carboxylic acids is 3. The molecule has 2 aliphatic carbocycles. The van der Waals surface area contributed by atoms with Gasteiger partial charge in [-0.3, -0.25) is 9.59 Å². The van der Waals surface area contributed by atoms with Gasteiger partial charge in [0.25, 0.3) is 0 Å². The van der Waals surface area contributed by atoms with E-state index in [1.54, 1.807) is 24.3 Å². The van der Waals surface area contributed by atoms with E-state index in [9.17, 15) is 14.4 Å². The number of hydrogen-bond acceptors (Lipinski definition) is 6. The van der Waals surface area contributed by atoms with Crippen molar-refractivity contribution >= 4 is 17.5 Å². The monoisotopic (exact) mass is 514 g/mol. The van der Waals surface area contributed by atoms with Crippen LogP contribution in [0.15, 0.2) is 65.1 Å². The number of ether oxygens (including phenoxy) is 3. The fraction of sp³-hybridized carbons (Fsp3) is 0.406. The van der Waals surface area contributed by atoms with Crippen molar-refractivity contribution in [3.05, 3.63) is 81.8 Å². The van der Waals surface area contributed by atoms with Gasteiger partial charge in [-0.05, 0) is 47.6 Å². The zero-order chi connectivity index (χ0) is 27.4. The van der Waals surface area contributed by atoms with Gasteiger partial charge in [0.15, 0.2) is 23.1 Å². The molecule has 38 heavy (non-hydrogen) atoms. The molecule has 5 rings (SSSR count). The predicted molar refractivity (Wildman–Crippen MR) is 143 cm³/mol. The van der Waals surface area contributed by atoms with E-state index in [0.717, 1.165) is 11.1 Å². The minimum absolute atomic E-state index is 0.000670. The first kappa shape index (κ1) is 26.0. The summed E-state index contributed by atoms with van der Waals surface area (Å²) in [4.78, 5) is 39.8. The van der Waals surface area contributed by atoms with Crippen molar-refractivity contribution in [3.8, 4) is 11.5 Å². The van der Waals surface area contributed by atoms with Gasteiger partial charge in [0.05, 0.1) is 12.7 Å². The van der Waals surface area contributed by atoms with Gasteiger partial charge in [0.1, 0.15) is 11.5 Å². The molecule has 2 aromatic rings. The Kier molecular flexibility index (Phi) is 6.33. The van der Waals surface area contributed by atoms with Gasteiger partial charge in [-0.2, -0.15) is 0 Å². The van der Waals surface area contributed by atoms with Crippen LogP contribution >= 0.6 is 0 Å². The Hall–Kier alpha value is -3.67. The number of carbonyl (C=O) groups is 3. The van der Waals surface area contributed by atoms with Crippen LogP contribution in [-0.4, -0.2) is 24.6 Å². The number of methoxy groups -OCH3 is 1. The van der Waals surface area contributed by atoms with Crippen molar-refractivity contribution < 1.29 is 28.6 Å². The van der Waals surface area contributed by atoms with Crippen LogP contribution in [0.5, 0.6) is 11.5 Å². The van der Waals surface area contributed by atoms with E-state index in [1.807, 2.05) is 25.1 Å². The third-order valence-electron chi connectivity index (χ3n) is 7.59. The van der Waals surface area contributed by atoms with Crippen molar-refractivity contribution in [2.45, 2.75) is 66.2 Å². The number of benzene rings is 2. The summed E-state index contributed by atoms with van der Waals surface area (Å²) in [5, 5.41) is 0. The summed E-state index contributed by atoms with van der Waals surface area (Å²) in [6.07, 6.45) is 2.02. The molecule has 0 bridgehead atoms. The summed E-state index contributed by atoms with van der Waals surface area (Å²) in [6.45, 7) is 10.2.